The number of rotatable bonds is 3. The molecule has 0 saturated carbocycles. The fourth-order valence-corrected chi connectivity index (χ4v) is 1.44. The van der Waals surface area contributed by atoms with Gasteiger partial charge < -0.3 is 15.8 Å². The van der Waals surface area contributed by atoms with E-state index in [-0.39, 0.29) is 5.91 Å². The number of carbonyl (C=O) groups excluding carboxylic acids is 1. The lowest BCUT2D eigenvalue weighted by Gasteiger charge is -2.09. The Balaban J connectivity index is 2.28. The molecule has 0 fully saturated rings. The molecule has 92 valence electrons. The van der Waals surface area contributed by atoms with Crippen molar-refractivity contribution >= 4 is 11.6 Å². The monoisotopic (exact) mass is 243 g/mol. The molecule has 0 radical (unpaired) electrons. The van der Waals surface area contributed by atoms with Crippen LogP contribution in [-0.2, 0) is 0 Å². The first-order chi connectivity index (χ1) is 8.70. The molecule has 3 N–H and O–H groups in total. The van der Waals surface area contributed by atoms with Crippen LogP contribution in [0.3, 0.4) is 0 Å². The van der Waals surface area contributed by atoms with E-state index in [9.17, 15) is 4.79 Å². The minimum Gasteiger partial charge on any atom is -0.456 e. The summed E-state index contributed by atoms with van der Waals surface area (Å²) < 4.78 is 5.63. The number of aromatic nitrogens is 1. The maximum absolute atomic E-state index is 11.6. The third kappa shape index (κ3) is 2.57. The summed E-state index contributed by atoms with van der Waals surface area (Å²) in [5, 5.41) is 2.54. The highest BCUT2D eigenvalue weighted by atomic mass is 16.5. The van der Waals surface area contributed by atoms with E-state index in [1.165, 1.54) is 6.20 Å². The van der Waals surface area contributed by atoms with Gasteiger partial charge in [0.25, 0.3) is 5.91 Å². The second-order valence-electron chi connectivity index (χ2n) is 3.62. The number of anilines is 1. The number of nitrogens with two attached hydrogens (primary N) is 1. The molecule has 5 heteroatoms. The molecule has 2 rings (SSSR count). The fraction of sp³-hybridized carbons (Fsp3) is 0.0769. The third-order valence-electron chi connectivity index (χ3n) is 2.36. The van der Waals surface area contributed by atoms with Gasteiger partial charge in [0.05, 0.1) is 0 Å². The SMILES string of the molecule is CNC(=O)c1cnccc1Oc1ccc(N)cc1. The standard InChI is InChI=1S/C13H13N3O2/c1-15-13(17)11-8-16-7-6-12(11)18-10-4-2-9(14)3-5-10/h2-8H,14H2,1H3,(H,15,17). The molecule has 1 aromatic carbocycles. The molecular formula is C13H13N3O2. The topological polar surface area (TPSA) is 77.2 Å². The van der Waals surface area contributed by atoms with Crippen LogP contribution in [0.5, 0.6) is 11.5 Å². The molecule has 0 atom stereocenters. The quantitative estimate of drug-likeness (QED) is 0.806. The molecule has 2 aromatic rings. The van der Waals surface area contributed by atoms with Crippen LogP contribution in [0.4, 0.5) is 5.69 Å². The maximum Gasteiger partial charge on any atom is 0.256 e. The Hall–Kier alpha value is -2.56. The van der Waals surface area contributed by atoms with Gasteiger partial charge in [0, 0.05) is 25.1 Å². The molecule has 0 aliphatic rings. The van der Waals surface area contributed by atoms with Crippen molar-refractivity contribution < 1.29 is 9.53 Å². The Kier molecular flexibility index (Phi) is 3.43. The molecule has 0 aliphatic carbocycles. The van der Waals surface area contributed by atoms with Crippen molar-refractivity contribution in [3.8, 4) is 11.5 Å². The molecule has 0 saturated heterocycles. The molecular weight excluding hydrogens is 230 g/mol. The lowest BCUT2D eigenvalue weighted by molar-refractivity contribution is 0.0960. The summed E-state index contributed by atoms with van der Waals surface area (Å²) in [4.78, 5) is 15.5. The average molecular weight is 243 g/mol. The molecule has 1 aromatic heterocycles. The van der Waals surface area contributed by atoms with Crippen LogP contribution in [0.1, 0.15) is 10.4 Å². The van der Waals surface area contributed by atoms with E-state index in [1.807, 2.05) is 0 Å². The lowest BCUT2D eigenvalue weighted by atomic mass is 10.2. The summed E-state index contributed by atoms with van der Waals surface area (Å²) in [5.41, 5.74) is 6.63. The predicted octanol–water partition coefficient (Wildman–Crippen LogP) is 1.82. The number of ether oxygens (including phenoxy) is 1. The summed E-state index contributed by atoms with van der Waals surface area (Å²) in [7, 11) is 1.56. The molecule has 18 heavy (non-hydrogen) atoms. The van der Waals surface area contributed by atoms with Crippen molar-refractivity contribution in [2.75, 3.05) is 12.8 Å². The number of nitrogens with zero attached hydrogens (tertiary/aromatic N) is 1. The van der Waals surface area contributed by atoms with Crippen molar-refractivity contribution in [3.63, 3.8) is 0 Å². The first-order valence-corrected chi connectivity index (χ1v) is 5.40. The minimum atomic E-state index is -0.242. The van der Waals surface area contributed by atoms with Crippen molar-refractivity contribution in [1.29, 1.82) is 0 Å². The van der Waals surface area contributed by atoms with Gasteiger partial charge in [0.2, 0.25) is 0 Å². The Labute approximate surface area is 105 Å². The fourth-order valence-electron chi connectivity index (χ4n) is 1.44. The van der Waals surface area contributed by atoms with Crippen LogP contribution < -0.4 is 15.8 Å². The number of nitrogen functional groups attached to an aromatic ring is 1. The molecule has 5 nitrogen and oxygen atoms in total. The molecule has 1 heterocycles. The first kappa shape index (κ1) is 11.9. The zero-order valence-corrected chi connectivity index (χ0v) is 9.88. The Morgan fingerprint density at radius 1 is 1.28 bits per heavy atom. The number of hydrogen-bond acceptors (Lipinski definition) is 4. The number of nitrogens with one attached hydrogen (secondary N) is 1. The van der Waals surface area contributed by atoms with Crippen molar-refractivity contribution in [2.24, 2.45) is 0 Å². The van der Waals surface area contributed by atoms with E-state index in [0.29, 0.717) is 22.7 Å². The van der Waals surface area contributed by atoms with Crippen LogP contribution in [0.15, 0.2) is 42.7 Å². The van der Waals surface area contributed by atoms with E-state index >= 15 is 0 Å². The van der Waals surface area contributed by atoms with Crippen LogP contribution in [0, 0.1) is 0 Å². The number of amides is 1. The van der Waals surface area contributed by atoms with Gasteiger partial charge in [-0.2, -0.15) is 0 Å². The second-order valence-corrected chi connectivity index (χ2v) is 3.62. The number of benzene rings is 1. The van der Waals surface area contributed by atoms with Crippen molar-refractivity contribution in [1.82, 2.24) is 10.3 Å². The Morgan fingerprint density at radius 2 is 2.00 bits per heavy atom. The van der Waals surface area contributed by atoms with E-state index in [2.05, 4.69) is 10.3 Å². The summed E-state index contributed by atoms with van der Waals surface area (Å²) in [5.74, 6) is 0.822. The van der Waals surface area contributed by atoms with Crippen LogP contribution in [0.2, 0.25) is 0 Å². The van der Waals surface area contributed by atoms with Crippen LogP contribution >= 0.6 is 0 Å². The molecule has 1 amide bonds. The van der Waals surface area contributed by atoms with E-state index in [4.69, 9.17) is 10.5 Å². The van der Waals surface area contributed by atoms with Gasteiger partial charge in [-0.05, 0) is 30.3 Å². The third-order valence-corrected chi connectivity index (χ3v) is 2.36. The summed E-state index contributed by atoms with van der Waals surface area (Å²) in [6.45, 7) is 0. The normalized spacial score (nSPS) is 9.83. The molecule has 0 unspecified atom stereocenters. The maximum atomic E-state index is 11.6. The van der Waals surface area contributed by atoms with Gasteiger partial charge in [-0.1, -0.05) is 0 Å². The van der Waals surface area contributed by atoms with E-state index in [0.717, 1.165) is 0 Å². The smallest absolute Gasteiger partial charge is 0.256 e. The van der Waals surface area contributed by atoms with Crippen LogP contribution in [-0.4, -0.2) is 17.9 Å². The largest absolute Gasteiger partial charge is 0.456 e. The lowest BCUT2D eigenvalue weighted by Crippen LogP contribution is -2.18. The number of hydrogen-bond donors (Lipinski definition) is 2. The van der Waals surface area contributed by atoms with E-state index < -0.39 is 0 Å². The van der Waals surface area contributed by atoms with Gasteiger partial charge in [0.15, 0.2) is 0 Å². The van der Waals surface area contributed by atoms with Crippen molar-refractivity contribution in [2.45, 2.75) is 0 Å². The molecule has 0 aliphatic heterocycles. The summed E-state index contributed by atoms with van der Waals surface area (Å²) in [6.07, 6.45) is 3.03. The zero-order chi connectivity index (χ0) is 13.0. The van der Waals surface area contributed by atoms with Crippen molar-refractivity contribution in [3.05, 3.63) is 48.3 Å². The number of pyridine rings is 1. The summed E-state index contributed by atoms with van der Waals surface area (Å²) >= 11 is 0. The van der Waals surface area contributed by atoms with Crippen LogP contribution in [0.25, 0.3) is 0 Å². The Bertz CT molecular complexity index is 552. The molecule has 0 bridgehead atoms. The predicted molar refractivity (Wildman–Crippen MR) is 68.6 cm³/mol. The Morgan fingerprint density at radius 3 is 2.67 bits per heavy atom. The minimum absolute atomic E-state index is 0.242. The van der Waals surface area contributed by atoms with Gasteiger partial charge in [-0.3, -0.25) is 9.78 Å². The second kappa shape index (κ2) is 5.18. The van der Waals surface area contributed by atoms with Gasteiger partial charge in [-0.25, -0.2) is 0 Å². The summed E-state index contributed by atoms with van der Waals surface area (Å²) in [6, 6.07) is 8.58. The first-order valence-electron chi connectivity index (χ1n) is 5.40. The van der Waals surface area contributed by atoms with Gasteiger partial charge in [-0.15, -0.1) is 0 Å². The molecule has 0 spiro atoms. The average Bonchev–Trinajstić information content (AvgIpc) is 2.41. The highest BCUT2D eigenvalue weighted by molar-refractivity contribution is 5.96. The van der Waals surface area contributed by atoms with Gasteiger partial charge >= 0.3 is 0 Å². The highest BCUT2D eigenvalue weighted by Gasteiger charge is 2.11. The van der Waals surface area contributed by atoms with Gasteiger partial charge in [0.1, 0.15) is 17.1 Å². The zero-order valence-electron chi connectivity index (χ0n) is 9.88. The number of carbonyl (C=O) groups is 1. The van der Waals surface area contributed by atoms with E-state index in [1.54, 1.807) is 43.6 Å². The highest BCUT2D eigenvalue weighted by Crippen LogP contribution is 2.25.